The molecule has 1 aliphatic heterocycles. The number of hydrazine groups is 1. The van der Waals surface area contributed by atoms with Gasteiger partial charge in [0.05, 0.1) is 17.1 Å². The van der Waals surface area contributed by atoms with Gasteiger partial charge in [-0.15, -0.1) is 11.3 Å². The molecule has 0 atom stereocenters. The van der Waals surface area contributed by atoms with Crippen molar-refractivity contribution < 1.29 is 4.79 Å². The third-order valence-electron chi connectivity index (χ3n) is 4.25. The Balaban J connectivity index is 1.35. The number of hydrogen-bond donors (Lipinski definition) is 2. The molecule has 2 N–H and O–H groups in total. The first-order valence-corrected chi connectivity index (χ1v) is 9.35. The summed E-state index contributed by atoms with van der Waals surface area (Å²) in [5, 5.41) is 1.99. The highest BCUT2D eigenvalue weighted by molar-refractivity contribution is 7.11. The average Bonchev–Trinajstić information content (AvgIpc) is 3.17. The van der Waals surface area contributed by atoms with Crippen LogP contribution in [-0.2, 0) is 11.3 Å². The zero-order chi connectivity index (χ0) is 17.5. The fraction of sp³-hybridized carbons (Fsp3) is 0.316. The van der Waals surface area contributed by atoms with E-state index in [4.69, 9.17) is 0 Å². The molecular formula is C19H24N4OS. The van der Waals surface area contributed by atoms with Crippen LogP contribution in [0.25, 0.3) is 5.70 Å². The highest BCUT2D eigenvalue weighted by atomic mass is 32.1. The first-order valence-electron chi connectivity index (χ1n) is 8.47. The molecule has 0 aliphatic carbocycles. The van der Waals surface area contributed by atoms with Crippen molar-refractivity contribution in [3.8, 4) is 0 Å². The van der Waals surface area contributed by atoms with Gasteiger partial charge in [-0.05, 0) is 17.0 Å². The first-order chi connectivity index (χ1) is 12.2. The summed E-state index contributed by atoms with van der Waals surface area (Å²) in [6, 6.07) is 14.4. The summed E-state index contributed by atoms with van der Waals surface area (Å²) in [6.45, 7) is 9.10. The zero-order valence-electron chi connectivity index (χ0n) is 14.3. The zero-order valence-corrected chi connectivity index (χ0v) is 15.1. The van der Waals surface area contributed by atoms with Gasteiger partial charge in [0.15, 0.2) is 0 Å². The minimum absolute atomic E-state index is 0.0331. The van der Waals surface area contributed by atoms with Crippen LogP contribution in [0, 0.1) is 0 Å². The number of piperazine rings is 1. The molecular weight excluding hydrogens is 332 g/mol. The fourth-order valence-corrected chi connectivity index (χ4v) is 3.50. The summed E-state index contributed by atoms with van der Waals surface area (Å²) in [5.41, 5.74) is 7.68. The van der Waals surface area contributed by atoms with E-state index in [2.05, 4.69) is 51.5 Å². The quantitative estimate of drug-likeness (QED) is 0.747. The maximum atomic E-state index is 12.1. The maximum Gasteiger partial charge on any atom is 0.252 e. The van der Waals surface area contributed by atoms with Gasteiger partial charge in [-0.1, -0.05) is 43.0 Å². The number of rotatable bonds is 7. The lowest BCUT2D eigenvalue weighted by molar-refractivity contribution is -0.123. The third-order valence-corrected chi connectivity index (χ3v) is 5.18. The maximum absolute atomic E-state index is 12.1. The first kappa shape index (κ1) is 17.7. The smallest absolute Gasteiger partial charge is 0.252 e. The van der Waals surface area contributed by atoms with Crippen molar-refractivity contribution in [3.63, 3.8) is 0 Å². The molecule has 6 heteroatoms. The summed E-state index contributed by atoms with van der Waals surface area (Å²) >= 11 is 1.59. The van der Waals surface area contributed by atoms with E-state index in [1.54, 1.807) is 11.3 Å². The molecule has 3 rings (SSSR count). The van der Waals surface area contributed by atoms with Crippen LogP contribution in [0.1, 0.15) is 10.4 Å². The van der Waals surface area contributed by atoms with Crippen molar-refractivity contribution in [2.75, 3.05) is 32.7 Å². The van der Waals surface area contributed by atoms with E-state index in [1.807, 2.05) is 23.6 Å². The van der Waals surface area contributed by atoms with Gasteiger partial charge >= 0.3 is 0 Å². The predicted molar refractivity (Wildman–Crippen MR) is 103 cm³/mol. The summed E-state index contributed by atoms with van der Waals surface area (Å²) < 4.78 is 0. The Bertz CT molecular complexity index is 679. The molecule has 1 aromatic carbocycles. The van der Waals surface area contributed by atoms with E-state index in [1.165, 1.54) is 5.56 Å². The number of nitrogens with one attached hydrogen (secondary N) is 2. The van der Waals surface area contributed by atoms with Crippen molar-refractivity contribution in [2.24, 2.45) is 0 Å². The van der Waals surface area contributed by atoms with E-state index in [9.17, 15) is 4.79 Å². The van der Waals surface area contributed by atoms with Crippen LogP contribution in [0.3, 0.4) is 0 Å². The van der Waals surface area contributed by atoms with Crippen molar-refractivity contribution in [1.82, 2.24) is 20.7 Å². The average molecular weight is 356 g/mol. The number of benzene rings is 1. The Morgan fingerprint density at radius 3 is 2.40 bits per heavy atom. The SMILES string of the molecule is C=C(NNC(=O)CN1CCN(Cc2ccccc2)CC1)c1cccs1. The normalized spacial score (nSPS) is 15.7. The minimum atomic E-state index is -0.0331. The molecule has 132 valence electrons. The highest BCUT2D eigenvalue weighted by Gasteiger charge is 2.19. The molecule has 1 fully saturated rings. The molecule has 2 heterocycles. The molecule has 5 nitrogen and oxygen atoms in total. The minimum Gasteiger partial charge on any atom is -0.298 e. The van der Waals surface area contributed by atoms with Crippen molar-refractivity contribution in [3.05, 3.63) is 64.9 Å². The summed E-state index contributed by atoms with van der Waals surface area (Å²) in [6.07, 6.45) is 0. The molecule has 0 radical (unpaired) electrons. The van der Waals surface area contributed by atoms with E-state index in [0.29, 0.717) is 6.54 Å². The van der Waals surface area contributed by atoms with E-state index in [-0.39, 0.29) is 5.91 Å². The van der Waals surface area contributed by atoms with Gasteiger partial charge in [-0.25, -0.2) is 0 Å². The summed E-state index contributed by atoms with van der Waals surface area (Å²) in [4.78, 5) is 17.7. The second-order valence-corrected chi connectivity index (χ2v) is 7.11. The lowest BCUT2D eigenvalue weighted by Crippen LogP contribution is -2.50. The second-order valence-electron chi connectivity index (χ2n) is 6.17. The molecule has 1 saturated heterocycles. The van der Waals surface area contributed by atoms with Gasteiger partial charge in [-0.3, -0.25) is 25.4 Å². The van der Waals surface area contributed by atoms with E-state index >= 15 is 0 Å². The van der Waals surface area contributed by atoms with Crippen LogP contribution in [0.15, 0.2) is 54.4 Å². The molecule has 1 aliphatic rings. The largest absolute Gasteiger partial charge is 0.298 e. The van der Waals surface area contributed by atoms with Gasteiger partial charge in [0, 0.05) is 32.7 Å². The van der Waals surface area contributed by atoms with Gasteiger partial charge < -0.3 is 0 Å². The Morgan fingerprint density at radius 2 is 1.72 bits per heavy atom. The Labute approximate surface area is 152 Å². The third kappa shape index (κ3) is 5.42. The van der Waals surface area contributed by atoms with E-state index in [0.717, 1.165) is 43.3 Å². The number of nitrogens with zero attached hydrogens (tertiary/aromatic N) is 2. The number of hydrogen-bond acceptors (Lipinski definition) is 5. The van der Waals surface area contributed by atoms with Crippen LogP contribution >= 0.6 is 11.3 Å². The molecule has 0 unspecified atom stereocenters. The van der Waals surface area contributed by atoms with Crippen LogP contribution < -0.4 is 10.9 Å². The fourth-order valence-electron chi connectivity index (χ4n) is 2.85. The topological polar surface area (TPSA) is 47.6 Å². The molecule has 1 amide bonds. The van der Waals surface area contributed by atoms with Crippen molar-refractivity contribution in [2.45, 2.75) is 6.54 Å². The molecule has 2 aromatic rings. The monoisotopic (exact) mass is 356 g/mol. The standard InChI is InChI=1S/C19H24N4OS/c1-16(18-8-5-13-25-18)20-21-19(24)15-23-11-9-22(10-12-23)14-17-6-3-2-4-7-17/h2-8,13,20H,1,9-12,14-15H2,(H,21,24). The lowest BCUT2D eigenvalue weighted by atomic mass is 10.2. The molecule has 0 saturated carbocycles. The molecule has 0 bridgehead atoms. The molecule has 1 aromatic heterocycles. The van der Waals surface area contributed by atoms with Gasteiger partial charge in [0.25, 0.3) is 5.91 Å². The van der Waals surface area contributed by atoms with Crippen molar-refractivity contribution >= 4 is 22.9 Å². The van der Waals surface area contributed by atoms with Gasteiger partial charge in [-0.2, -0.15) is 0 Å². The lowest BCUT2D eigenvalue weighted by Gasteiger charge is -2.34. The molecule has 0 spiro atoms. The van der Waals surface area contributed by atoms with Gasteiger partial charge in [0.1, 0.15) is 0 Å². The van der Waals surface area contributed by atoms with Crippen LogP contribution in [0.4, 0.5) is 0 Å². The predicted octanol–water partition coefficient (Wildman–Crippen LogP) is 2.16. The Hall–Kier alpha value is -2.15. The Kier molecular flexibility index (Phi) is 6.22. The van der Waals surface area contributed by atoms with Crippen LogP contribution in [0.2, 0.25) is 0 Å². The number of thiophene rings is 1. The number of carbonyl (C=O) groups excluding carboxylic acids is 1. The van der Waals surface area contributed by atoms with Crippen LogP contribution in [-0.4, -0.2) is 48.4 Å². The van der Waals surface area contributed by atoms with E-state index < -0.39 is 0 Å². The second kappa shape index (κ2) is 8.80. The molecule has 25 heavy (non-hydrogen) atoms. The summed E-state index contributed by atoms with van der Waals surface area (Å²) in [7, 11) is 0. The Morgan fingerprint density at radius 1 is 1.00 bits per heavy atom. The van der Waals surface area contributed by atoms with Gasteiger partial charge in [0.2, 0.25) is 0 Å². The van der Waals surface area contributed by atoms with Crippen molar-refractivity contribution in [1.29, 1.82) is 0 Å². The number of amides is 1. The highest BCUT2D eigenvalue weighted by Crippen LogP contribution is 2.15. The van der Waals surface area contributed by atoms with Crippen LogP contribution in [0.5, 0.6) is 0 Å². The number of carbonyl (C=O) groups is 1. The summed E-state index contributed by atoms with van der Waals surface area (Å²) in [5.74, 6) is -0.0331.